The summed E-state index contributed by atoms with van der Waals surface area (Å²) in [6.45, 7) is 0. The highest BCUT2D eigenvalue weighted by Crippen LogP contribution is 2.24. The third-order valence-corrected chi connectivity index (χ3v) is 2.70. The molecule has 0 spiro atoms. The van der Waals surface area contributed by atoms with Crippen molar-refractivity contribution in [1.29, 1.82) is 0 Å². The van der Waals surface area contributed by atoms with Gasteiger partial charge in [0.1, 0.15) is 11.8 Å². The van der Waals surface area contributed by atoms with Crippen molar-refractivity contribution in [3.05, 3.63) is 46.0 Å². The monoisotopic (exact) mass is 219 g/mol. The van der Waals surface area contributed by atoms with Gasteiger partial charge in [0.05, 0.1) is 10.5 Å². The van der Waals surface area contributed by atoms with Gasteiger partial charge in [0.25, 0.3) is 5.56 Å². The molecule has 74 valence electrons. The van der Waals surface area contributed by atoms with E-state index in [1.807, 2.05) is 12.1 Å². The van der Waals surface area contributed by atoms with E-state index in [9.17, 15) is 4.79 Å². The van der Waals surface area contributed by atoms with Gasteiger partial charge in [0, 0.05) is 5.39 Å². The molecule has 4 nitrogen and oxygen atoms in total. The topological polar surface area (TPSA) is 50.2 Å². The number of hydrogen-bond donors (Lipinski definition) is 1. The van der Waals surface area contributed by atoms with E-state index < -0.39 is 0 Å². The first-order valence-electron chi connectivity index (χ1n) is 4.41. The Hall–Kier alpha value is -1.81. The van der Waals surface area contributed by atoms with Crippen molar-refractivity contribution in [3.8, 4) is 0 Å². The minimum atomic E-state index is -0.169. The van der Waals surface area contributed by atoms with Crippen molar-refractivity contribution < 1.29 is 0 Å². The van der Waals surface area contributed by atoms with Crippen LogP contribution >= 0.6 is 11.6 Å². The third-order valence-electron chi connectivity index (χ3n) is 2.37. The Labute approximate surface area is 89.1 Å². The zero-order valence-electron chi connectivity index (χ0n) is 7.57. The molecule has 2 aromatic heterocycles. The van der Waals surface area contributed by atoms with Crippen LogP contribution in [0.2, 0.25) is 5.02 Å². The Kier molecular flexibility index (Phi) is 1.61. The molecule has 0 atom stereocenters. The second kappa shape index (κ2) is 2.84. The number of aromatic nitrogens is 3. The highest BCUT2D eigenvalue weighted by molar-refractivity contribution is 6.35. The second-order valence-corrected chi connectivity index (χ2v) is 3.64. The number of fused-ring (bicyclic) bond motifs is 3. The molecule has 3 rings (SSSR count). The molecule has 1 aromatic carbocycles. The van der Waals surface area contributed by atoms with E-state index >= 15 is 0 Å². The number of rotatable bonds is 0. The van der Waals surface area contributed by atoms with Gasteiger partial charge < -0.3 is 4.98 Å². The Morgan fingerprint density at radius 2 is 2.20 bits per heavy atom. The van der Waals surface area contributed by atoms with E-state index in [1.54, 1.807) is 16.6 Å². The largest absolute Gasteiger partial charge is 0.310 e. The zero-order valence-corrected chi connectivity index (χ0v) is 8.32. The van der Waals surface area contributed by atoms with Gasteiger partial charge in [-0.2, -0.15) is 5.10 Å². The average Bonchev–Trinajstić information content (AvgIpc) is 2.60. The van der Waals surface area contributed by atoms with E-state index in [1.165, 1.54) is 6.33 Å². The molecule has 0 radical (unpaired) electrons. The first kappa shape index (κ1) is 8.49. The van der Waals surface area contributed by atoms with Gasteiger partial charge in [-0.3, -0.25) is 4.79 Å². The number of benzene rings is 1. The van der Waals surface area contributed by atoms with Crippen molar-refractivity contribution in [3.63, 3.8) is 0 Å². The van der Waals surface area contributed by atoms with Gasteiger partial charge in [-0.1, -0.05) is 17.7 Å². The number of nitrogens with zero attached hydrogens (tertiary/aromatic N) is 2. The minimum absolute atomic E-state index is 0.169. The van der Waals surface area contributed by atoms with Crippen LogP contribution in [-0.4, -0.2) is 14.6 Å². The summed E-state index contributed by atoms with van der Waals surface area (Å²) in [5.74, 6) is 0. The Bertz CT molecular complexity index is 713. The smallest absolute Gasteiger partial charge is 0.275 e. The van der Waals surface area contributed by atoms with E-state index in [0.29, 0.717) is 10.5 Å². The zero-order chi connectivity index (χ0) is 10.4. The molecule has 0 fully saturated rings. The molecule has 0 aliphatic carbocycles. The van der Waals surface area contributed by atoms with Crippen molar-refractivity contribution >= 4 is 28.0 Å². The predicted molar refractivity (Wildman–Crippen MR) is 58.3 cm³/mol. The quantitative estimate of drug-likeness (QED) is 0.627. The molecule has 1 N–H and O–H groups in total. The Morgan fingerprint density at radius 3 is 3.07 bits per heavy atom. The van der Waals surface area contributed by atoms with Gasteiger partial charge in [0.15, 0.2) is 0 Å². The molecule has 5 heteroatoms. The maximum atomic E-state index is 11.5. The first-order valence-corrected chi connectivity index (χ1v) is 4.79. The number of nitrogens with one attached hydrogen (secondary N) is 1. The molecule has 0 aliphatic heterocycles. The van der Waals surface area contributed by atoms with Gasteiger partial charge in [0.2, 0.25) is 0 Å². The molecule has 0 unspecified atom stereocenters. The molecule has 0 saturated heterocycles. The summed E-state index contributed by atoms with van der Waals surface area (Å²) in [6.07, 6.45) is 1.37. The van der Waals surface area contributed by atoms with E-state index in [-0.39, 0.29) is 5.56 Å². The van der Waals surface area contributed by atoms with Crippen LogP contribution in [-0.2, 0) is 0 Å². The minimum Gasteiger partial charge on any atom is -0.310 e. The highest BCUT2D eigenvalue weighted by atomic mass is 35.5. The predicted octanol–water partition coefficient (Wildman–Crippen LogP) is 1.83. The van der Waals surface area contributed by atoms with Crippen LogP contribution in [0.15, 0.2) is 35.4 Å². The van der Waals surface area contributed by atoms with Gasteiger partial charge in [-0.05, 0) is 18.2 Å². The lowest BCUT2D eigenvalue weighted by atomic mass is 10.2. The fourth-order valence-electron chi connectivity index (χ4n) is 1.69. The highest BCUT2D eigenvalue weighted by Gasteiger charge is 2.07. The molecule has 0 bridgehead atoms. The summed E-state index contributed by atoms with van der Waals surface area (Å²) in [5.41, 5.74) is 1.17. The summed E-state index contributed by atoms with van der Waals surface area (Å²) in [5, 5.41) is 5.53. The molecule has 15 heavy (non-hydrogen) atoms. The summed E-state index contributed by atoms with van der Waals surface area (Å²) < 4.78 is 1.58. The molecule has 2 heterocycles. The lowest BCUT2D eigenvalue weighted by molar-refractivity contribution is 0.914. The number of H-pyrrole nitrogens is 1. The van der Waals surface area contributed by atoms with Gasteiger partial charge >= 0.3 is 0 Å². The Morgan fingerprint density at radius 1 is 1.33 bits per heavy atom. The maximum Gasteiger partial charge on any atom is 0.275 e. The molecule has 0 aliphatic rings. The molecule has 0 amide bonds. The van der Waals surface area contributed by atoms with Crippen LogP contribution in [0.4, 0.5) is 0 Å². The number of hydrogen-bond acceptors (Lipinski definition) is 2. The summed E-state index contributed by atoms with van der Waals surface area (Å²) >= 11 is 6.03. The van der Waals surface area contributed by atoms with Crippen LogP contribution < -0.4 is 5.56 Å². The number of halogens is 1. The van der Waals surface area contributed by atoms with E-state index in [4.69, 9.17) is 11.6 Å². The lowest BCUT2D eigenvalue weighted by Crippen LogP contribution is -2.09. The summed E-state index contributed by atoms with van der Waals surface area (Å²) in [6, 6.07) is 7.24. The van der Waals surface area contributed by atoms with E-state index in [2.05, 4.69) is 10.1 Å². The SMILES string of the molecule is O=c1[nH]cnn2c1cc1c(Cl)cccc12. The van der Waals surface area contributed by atoms with Crippen molar-refractivity contribution in [2.45, 2.75) is 0 Å². The average molecular weight is 220 g/mol. The molecular weight excluding hydrogens is 214 g/mol. The third kappa shape index (κ3) is 1.08. The van der Waals surface area contributed by atoms with Crippen molar-refractivity contribution in [2.75, 3.05) is 0 Å². The maximum absolute atomic E-state index is 11.5. The van der Waals surface area contributed by atoms with Gasteiger partial charge in [-0.25, -0.2) is 4.52 Å². The van der Waals surface area contributed by atoms with E-state index in [0.717, 1.165) is 10.9 Å². The first-order chi connectivity index (χ1) is 7.27. The standard InChI is InChI=1S/C10H6ClN3O/c11-7-2-1-3-8-6(7)4-9-10(15)12-5-13-14(8)9/h1-5H,(H,12,13,15). The van der Waals surface area contributed by atoms with Crippen molar-refractivity contribution in [1.82, 2.24) is 14.6 Å². The van der Waals surface area contributed by atoms with Crippen LogP contribution in [0.25, 0.3) is 16.4 Å². The van der Waals surface area contributed by atoms with Crippen molar-refractivity contribution in [2.24, 2.45) is 0 Å². The summed E-state index contributed by atoms with van der Waals surface area (Å²) in [4.78, 5) is 14.0. The Balaban J connectivity index is 2.69. The normalized spacial score (nSPS) is 11.3. The van der Waals surface area contributed by atoms with Crippen LogP contribution in [0, 0.1) is 0 Å². The second-order valence-electron chi connectivity index (χ2n) is 3.23. The van der Waals surface area contributed by atoms with Crippen LogP contribution in [0.5, 0.6) is 0 Å². The van der Waals surface area contributed by atoms with Crippen LogP contribution in [0.3, 0.4) is 0 Å². The fraction of sp³-hybridized carbons (Fsp3) is 0. The summed E-state index contributed by atoms with van der Waals surface area (Å²) in [7, 11) is 0. The molecule has 0 saturated carbocycles. The van der Waals surface area contributed by atoms with Gasteiger partial charge in [-0.15, -0.1) is 0 Å². The molecule has 3 aromatic rings. The van der Waals surface area contributed by atoms with Crippen LogP contribution in [0.1, 0.15) is 0 Å². The lowest BCUT2D eigenvalue weighted by Gasteiger charge is -1.94. The molecular formula is C10H6ClN3O. The fourth-order valence-corrected chi connectivity index (χ4v) is 1.91. The number of aromatic amines is 1.